The zero-order valence-electron chi connectivity index (χ0n) is 14.1. The molecule has 0 saturated carbocycles. The summed E-state index contributed by atoms with van der Waals surface area (Å²) in [5.41, 5.74) is 1.36. The molecule has 1 aromatic rings. The topological polar surface area (TPSA) is 56.6 Å². The van der Waals surface area contributed by atoms with Gasteiger partial charge in [0, 0.05) is 25.0 Å². The zero-order valence-corrected chi connectivity index (χ0v) is 14.1. The lowest BCUT2D eigenvalue weighted by Gasteiger charge is -2.26. The van der Waals surface area contributed by atoms with Crippen molar-refractivity contribution in [2.75, 3.05) is 39.5 Å². The molecule has 0 radical (unpaired) electrons. The molecule has 1 aromatic heterocycles. The zero-order chi connectivity index (χ0) is 16.2. The number of carbonyl (C=O) groups excluding carboxylic acids is 1. The maximum Gasteiger partial charge on any atom is 0.356 e. The lowest BCUT2D eigenvalue weighted by molar-refractivity contribution is 0.0352. The van der Waals surface area contributed by atoms with E-state index in [0.29, 0.717) is 18.8 Å². The third kappa shape index (κ3) is 4.30. The van der Waals surface area contributed by atoms with Crippen molar-refractivity contribution in [3.05, 3.63) is 17.5 Å². The standard InChI is InChI=1S/C16H27N3O3/c1-5-22-15(20)13-12-14(16(2,3)4)17-19(13)7-6-18-8-10-21-11-9-18/h12H,5-11H2,1-4H3. The quantitative estimate of drug-likeness (QED) is 0.775. The molecular formula is C16H27N3O3. The summed E-state index contributed by atoms with van der Waals surface area (Å²) < 4.78 is 12.3. The Morgan fingerprint density at radius 1 is 1.32 bits per heavy atom. The average Bonchev–Trinajstić information content (AvgIpc) is 2.91. The highest BCUT2D eigenvalue weighted by atomic mass is 16.5. The maximum atomic E-state index is 12.1. The summed E-state index contributed by atoms with van der Waals surface area (Å²) in [6.07, 6.45) is 0. The van der Waals surface area contributed by atoms with Crippen molar-refractivity contribution < 1.29 is 14.3 Å². The van der Waals surface area contributed by atoms with Gasteiger partial charge >= 0.3 is 5.97 Å². The molecule has 0 aliphatic carbocycles. The Bertz CT molecular complexity index is 499. The molecule has 1 fully saturated rings. The summed E-state index contributed by atoms with van der Waals surface area (Å²) >= 11 is 0. The number of esters is 1. The Morgan fingerprint density at radius 3 is 2.59 bits per heavy atom. The smallest absolute Gasteiger partial charge is 0.356 e. The first-order chi connectivity index (χ1) is 10.4. The van der Waals surface area contributed by atoms with E-state index in [1.807, 2.05) is 13.0 Å². The first kappa shape index (κ1) is 17.0. The highest BCUT2D eigenvalue weighted by Crippen LogP contribution is 2.22. The molecule has 0 unspecified atom stereocenters. The van der Waals surface area contributed by atoms with E-state index in [0.717, 1.165) is 38.5 Å². The van der Waals surface area contributed by atoms with Crippen LogP contribution in [0.15, 0.2) is 6.07 Å². The van der Waals surface area contributed by atoms with E-state index in [1.165, 1.54) is 0 Å². The molecule has 1 aliphatic heterocycles. The number of morpholine rings is 1. The summed E-state index contributed by atoms with van der Waals surface area (Å²) in [4.78, 5) is 14.5. The fourth-order valence-electron chi connectivity index (χ4n) is 2.38. The van der Waals surface area contributed by atoms with Crippen LogP contribution >= 0.6 is 0 Å². The maximum absolute atomic E-state index is 12.1. The van der Waals surface area contributed by atoms with Gasteiger partial charge in [0.15, 0.2) is 0 Å². The van der Waals surface area contributed by atoms with E-state index >= 15 is 0 Å². The van der Waals surface area contributed by atoms with E-state index in [-0.39, 0.29) is 11.4 Å². The largest absolute Gasteiger partial charge is 0.461 e. The van der Waals surface area contributed by atoms with Crippen LogP contribution in [0.4, 0.5) is 0 Å². The van der Waals surface area contributed by atoms with Crippen LogP contribution < -0.4 is 0 Å². The predicted molar refractivity (Wildman–Crippen MR) is 84.1 cm³/mol. The van der Waals surface area contributed by atoms with Gasteiger partial charge in [-0.25, -0.2) is 4.79 Å². The van der Waals surface area contributed by atoms with Crippen LogP contribution in [0.3, 0.4) is 0 Å². The fourth-order valence-corrected chi connectivity index (χ4v) is 2.38. The van der Waals surface area contributed by atoms with Crippen molar-refractivity contribution in [2.24, 2.45) is 0 Å². The van der Waals surface area contributed by atoms with E-state index in [4.69, 9.17) is 9.47 Å². The Labute approximate surface area is 132 Å². The van der Waals surface area contributed by atoms with Gasteiger partial charge in [-0.05, 0) is 13.0 Å². The summed E-state index contributed by atoms with van der Waals surface area (Å²) in [7, 11) is 0. The number of aromatic nitrogens is 2. The van der Waals surface area contributed by atoms with Gasteiger partial charge in [0.2, 0.25) is 0 Å². The lowest BCUT2D eigenvalue weighted by Crippen LogP contribution is -2.38. The van der Waals surface area contributed by atoms with Crippen molar-refractivity contribution in [1.29, 1.82) is 0 Å². The molecule has 0 amide bonds. The van der Waals surface area contributed by atoms with Gasteiger partial charge < -0.3 is 9.47 Å². The second-order valence-electron chi connectivity index (χ2n) is 6.56. The van der Waals surface area contributed by atoms with Gasteiger partial charge in [-0.3, -0.25) is 9.58 Å². The van der Waals surface area contributed by atoms with E-state index < -0.39 is 0 Å². The van der Waals surface area contributed by atoms with Gasteiger partial charge in [-0.2, -0.15) is 5.10 Å². The second kappa shape index (κ2) is 7.24. The first-order valence-corrected chi connectivity index (χ1v) is 7.97. The van der Waals surface area contributed by atoms with Crippen LogP contribution in [0.25, 0.3) is 0 Å². The van der Waals surface area contributed by atoms with Crippen LogP contribution in [0.2, 0.25) is 0 Å². The summed E-state index contributed by atoms with van der Waals surface area (Å²) in [6, 6.07) is 1.86. The van der Waals surface area contributed by atoms with E-state index in [2.05, 4.69) is 30.8 Å². The molecule has 2 rings (SSSR count). The summed E-state index contributed by atoms with van der Waals surface area (Å²) in [5.74, 6) is -0.299. The van der Waals surface area contributed by atoms with Gasteiger partial charge in [-0.1, -0.05) is 20.8 Å². The van der Waals surface area contributed by atoms with Crippen LogP contribution in [-0.4, -0.2) is 60.1 Å². The molecule has 0 N–H and O–H groups in total. The minimum atomic E-state index is -0.299. The van der Waals surface area contributed by atoms with Gasteiger partial charge in [-0.15, -0.1) is 0 Å². The average molecular weight is 309 g/mol. The minimum absolute atomic E-state index is 0.0918. The molecule has 0 atom stereocenters. The monoisotopic (exact) mass is 309 g/mol. The third-order valence-corrected chi connectivity index (χ3v) is 3.76. The molecule has 1 aliphatic rings. The van der Waals surface area contributed by atoms with Crippen molar-refractivity contribution in [2.45, 2.75) is 39.7 Å². The van der Waals surface area contributed by atoms with Crippen LogP contribution in [-0.2, 0) is 21.4 Å². The van der Waals surface area contributed by atoms with Crippen LogP contribution in [0.1, 0.15) is 43.9 Å². The molecular weight excluding hydrogens is 282 g/mol. The number of ether oxygens (including phenoxy) is 2. The molecule has 0 bridgehead atoms. The van der Waals surface area contributed by atoms with E-state index in [9.17, 15) is 4.79 Å². The third-order valence-electron chi connectivity index (χ3n) is 3.76. The normalized spacial score (nSPS) is 16.7. The highest BCUT2D eigenvalue weighted by Gasteiger charge is 2.24. The van der Waals surface area contributed by atoms with E-state index in [1.54, 1.807) is 4.68 Å². The minimum Gasteiger partial charge on any atom is -0.461 e. The number of carbonyl (C=O) groups is 1. The molecule has 124 valence electrons. The molecule has 6 heteroatoms. The molecule has 22 heavy (non-hydrogen) atoms. The molecule has 0 spiro atoms. The molecule has 1 saturated heterocycles. The fraction of sp³-hybridized carbons (Fsp3) is 0.750. The van der Waals surface area contributed by atoms with Gasteiger partial charge in [0.05, 0.1) is 32.1 Å². The van der Waals surface area contributed by atoms with Crippen LogP contribution in [0, 0.1) is 0 Å². The molecule has 6 nitrogen and oxygen atoms in total. The second-order valence-corrected chi connectivity index (χ2v) is 6.56. The number of nitrogens with zero attached hydrogens (tertiary/aromatic N) is 3. The van der Waals surface area contributed by atoms with Gasteiger partial charge in [0.1, 0.15) is 5.69 Å². The molecule has 2 heterocycles. The van der Waals surface area contributed by atoms with Crippen molar-refractivity contribution in [3.63, 3.8) is 0 Å². The number of hydrogen-bond acceptors (Lipinski definition) is 5. The van der Waals surface area contributed by atoms with Crippen LogP contribution in [0.5, 0.6) is 0 Å². The first-order valence-electron chi connectivity index (χ1n) is 7.97. The van der Waals surface area contributed by atoms with Crippen molar-refractivity contribution >= 4 is 5.97 Å². The Balaban J connectivity index is 2.12. The highest BCUT2D eigenvalue weighted by molar-refractivity contribution is 5.87. The van der Waals surface area contributed by atoms with Crippen molar-refractivity contribution in [3.8, 4) is 0 Å². The summed E-state index contributed by atoms with van der Waals surface area (Å²) in [5, 5.41) is 4.63. The predicted octanol–water partition coefficient (Wildman–Crippen LogP) is 1.69. The number of hydrogen-bond donors (Lipinski definition) is 0. The number of rotatable bonds is 5. The Hall–Kier alpha value is -1.40. The van der Waals surface area contributed by atoms with Gasteiger partial charge in [0.25, 0.3) is 0 Å². The Kier molecular flexibility index (Phi) is 5.58. The van der Waals surface area contributed by atoms with Crippen molar-refractivity contribution in [1.82, 2.24) is 14.7 Å². The Morgan fingerprint density at radius 2 is 2.00 bits per heavy atom. The lowest BCUT2D eigenvalue weighted by atomic mass is 9.92. The summed E-state index contributed by atoms with van der Waals surface area (Å²) in [6.45, 7) is 13.4. The SMILES string of the molecule is CCOC(=O)c1cc(C(C)(C)C)nn1CCN1CCOCC1. The molecule has 0 aromatic carbocycles.